The first-order valence-electron chi connectivity index (χ1n) is 7.69. The molecule has 0 unspecified atom stereocenters. The summed E-state index contributed by atoms with van der Waals surface area (Å²) in [7, 11) is 3.37. The van der Waals surface area contributed by atoms with Crippen molar-refractivity contribution in [2.45, 2.75) is 13.5 Å². The van der Waals surface area contributed by atoms with Gasteiger partial charge in [0, 0.05) is 29.8 Å². The molecule has 0 aliphatic heterocycles. The molecule has 2 aromatic carbocycles. The van der Waals surface area contributed by atoms with Crippen LogP contribution in [0.2, 0.25) is 0 Å². The van der Waals surface area contributed by atoms with E-state index in [9.17, 15) is 0 Å². The largest absolute Gasteiger partial charge is 0.493 e. The number of nitrogens with zero attached hydrogens (tertiary/aromatic N) is 1. The predicted octanol–water partition coefficient (Wildman–Crippen LogP) is 4.04. The lowest BCUT2D eigenvalue weighted by molar-refractivity contribution is 0.311. The molecular formula is C18H22BrN3O2. The van der Waals surface area contributed by atoms with Crippen molar-refractivity contribution < 1.29 is 9.47 Å². The van der Waals surface area contributed by atoms with Crippen LogP contribution in [0.4, 0.5) is 5.69 Å². The smallest absolute Gasteiger partial charge is 0.195 e. The van der Waals surface area contributed by atoms with Crippen LogP contribution >= 0.6 is 15.9 Å². The number of rotatable bonds is 6. The molecule has 128 valence electrons. The SMILES string of the molecule is CCOc1ccc(NC(=NC)NCc2ccc(Br)cc2)cc1OC. The quantitative estimate of drug-likeness (QED) is 0.576. The van der Waals surface area contributed by atoms with Crippen LogP contribution in [0.5, 0.6) is 11.5 Å². The summed E-state index contributed by atoms with van der Waals surface area (Å²) >= 11 is 3.44. The summed E-state index contributed by atoms with van der Waals surface area (Å²) in [5.41, 5.74) is 2.05. The van der Waals surface area contributed by atoms with Gasteiger partial charge in [-0.15, -0.1) is 0 Å². The van der Waals surface area contributed by atoms with Crippen molar-refractivity contribution in [3.8, 4) is 11.5 Å². The van der Waals surface area contributed by atoms with Crippen molar-refractivity contribution in [2.24, 2.45) is 4.99 Å². The first-order chi connectivity index (χ1) is 11.7. The highest BCUT2D eigenvalue weighted by Crippen LogP contribution is 2.30. The Hall–Kier alpha value is -2.21. The van der Waals surface area contributed by atoms with Crippen LogP contribution in [0.3, 0.4) is 0 Å². The molecule has 6 heteroatoms. The van der Waals surface area contributed by atoms with Gasteiger partial charge in [0.15, 0.2) is 17.5 Å². The Morgan fingerprint density at radius 2 is 1.88 bits per heavy atom. The summed E-state index contributed by atoms with van der Waals surface area (Å²) in [6.07, 6.45) is 0. The normalized spacial score (nSPS) is 11.1. The van der Waals surface area contributed by atoms with E-state index in [0.717, 1.165) is 15.9 Å². The summed E-state index contributed by atoms with van der Waals surface area (Å²) in [5.74, 6) is 2.10. The molecule has 2 rings (SSSR count). The monoisotopic (exact) mass is 391 g/mol. The molecular weight excluding hydrogens is 370 g/mol. The fourth-order valence-corrected chi connectivity index (χ4v) is 2.39. The zero-order chi connectivity index (χ0) is 17.4. The van der Waals surface area contributed by atoms with Crippen molar-refractivity contribution in [2.75, 3.05) is 26.1 Å². The Morgan fingerprint density at radius 1 is 1.12 bits per heavy atom. The van der Waals surface area contributed by atoms with Gasteiger partial charge in [0.1, 0.15) is 0 Å². The Bertz CT molecular complexity index is 687. The molecule has 0 aromatic heterocycles. The Balaban J connectivity index is 2.00. The fraction of sp³-hybridized carbons (Fsp3) is 0.278. The number of benzene rings is 2. The highest BCUT2D eigenvalue weighted by atomic mass is 79.9. The lowest BCUT2D eigenvalue weighted by Gasteiger charge is -2.14. The van der Waals surface area contributed by atoms with Crippen LogP contribution in [0.1, 0.15) is 12.5 Å². The molecule has 0 fully saturated rings. The summed E-state index contributed by atoms with van der Waals surface area (Å²) in [4.78, 5) is 4.24. The number of guanidine groups is 1. The number of hydrogen-bond donors (Lipinski definition) is 2. The highest BCUT2D eigenvalue weighted by molar-refractivity contribution is 9.10. The van der Waals surface area contributed by atoms with Crippen LogP contribution < -0.4 is 20.1 Å². The first-order valence-corrected chi connectivity index (χ1v) is 8.48. The topological polar surface area (TPSA) is 54.9 Å². The maximum absolute atomic E-state index is 5.53. The van der Waals surface area contributed by atoms with Crippen LogP contribution in [0.25, 0.3) is 0 Å². The van der Waals surface area contributed by atoms with Crippen LogP contribution in [-0.4, -0.2) is 26.7 Å². The Morgan fingerprint density at radius 3 is 2.50 bits per heavy atom. The van der Waals surface area contributed by atoms with Gasteiger partial charge in [-0.05, 0) is 36.8 Å². The lowest BCUT2D eigenvalue weighted by atomic mass is 10.2. The number of ether oxygens (including phenoxy) is 2. The number of anilines is 1. The van der Waals surface area contributed by atoms with E-state index in [0.29, 0.717) is 24.9 Å². The van der Waals surface area contributed by atoms with E-state index in [1.54, 1.807) is 14.2 Å². The van der Waals surface area contributed by atoms with Gasteiger partial charge in [-0.1, -0.05) is 28.1 Å². The molecule has 0 heterocycles. The maximum atomic E-state index is 5.53. The van der Waals surface area contributed by atoms with Gasteiger partial charge in [-0.3, -0.25) is 4.99 Å². The maximum Gasteiger partial charge on any atom is 0.195 e. The highest BCUT2D eigenvalue weighted by Gasteiger charge is 2.07. The number of halogens is 1. The third kappa shape index (κ3) is 5.16. The van der Waals surface area contributed by atoms with E-state index in [4.69, 9.17) is 9.47 Å². The summed E-state index contributed by atoms with van der Waals surface area (Å²) in [5, 5.41) is 6.53. The van der Waals surface area contributed by atoms with Gasteiger partial charge in [-0.2, -0.15) is 0 Å². The van der Waals surface area contributed by atoms with E-state index in [-0.39, 0.29) is 0 Å². The molecule has 0 spiro atoms. The van der Waals surface area contributed by atoms with Crippen molar-refractivity contribution in [3.05, 3.63) is 52.5 Å². The van der Waals surface area contributed by atoms with Crippen LogP contribution in [-0.2, 0) is 6.54 Å². The number of methoxy groups -OCH3 is 1. The average molecular weight is 392 g/mol. The van der Waals surface area contributed by atoms with E-state index < -0.39 is 0 Å². The van der Waals surface area contributed by atoms with Gasteiger partial charge in [0.2, 0.25) is 0 Å². The molecule has 0 saturated carbocycles. The molecule has 2 N–H and O–H groups in total. The van der Waals surface area contributed by atoms with Crippen LogP contribution in [0.15, 0.2) is 51.9 Å². The molecule has 0 atom stereocenters. The minimum absolute atomic E-state index is 0.597. The zero-order valence-corrected chi connectivity index (χ0v) is 15.7. The first kappa shape index (κ1) is 18.1. The minimum Gasteiger partial charge on any atom is -0.493 e. The second kappa shape index (κ2) is 9.17. The zero-order valence-electron chi connectivity index (χ0n) is 14.1. The van der Waals surface area contributed by atoms with E-state index in [2.05, 4.69) is 43.7 Å². The average Bonchev–Trinajstić information content (AvgIpc) is 2.61. The van der Waals surface area contributed by atoms with Gasteiger partial charge < -0.3 is 20.1 Å². The summed E-state index contributed by atoms with van der Waals surface area (Å²) < 4.78 is 12.0. The predicted molar refractivity (Wildman–Crippen MR) is 102 cm³/mol. The van der Waals surface area contributed by atoms with Crippen LogP contribution in [0, 0.1) is 0 Å². The summed E-state index contributed by atoms with van der Waals surface area (Å²) in [6, 6.07) is 13.9. The molecule has 0 saturated heterocycles. The van der Waals surface area contributed by atoms with Gasteiger partial charge in [0.05, 0.1) is 13.7 Å². The van der Waals surface area contributed by atoms with Gasteiger partial charge >= 0.3 is 0 Å². The van der Waals surface area contributed by atoms with E-state index in [1.165, 1.54) is 5.56 Å². The third-order valence-corrected chi connectivity index (χ3v) is 3.85. The minimum atomic E-state index is 0.597. The van der Waals surface area contributed by atoms with Gasteiger partial charge in [-0.25, -0.2) is 0 Å². The molecule has 5 nitrogen and oxygen atoms in total. The second-order valence-corrected chi connectivity index (χ2v) is 5.89. The second-order valence-electron chi connectivity index (χ2n) is 4.98. The summed E-state index contributed by atoms with van der Waals surface area (Å²) in [6.45, 7) is 3.22. The number of nitrogens with one attached hydrogen (secondary N) is 2. The molecule has 0 aliphatic carbocycles. The lowest BCUT2D eigenvalue weighted by Crippen LogP contribution is -2.30. The number of hydrogen-bond acceptors (Lipinski definition) is 3. The standard InChI is InChI=1S/C18H22BrN3O2/c1-4-24-16-10-9-15(11-17(16)23-3)22-18(20-2)21-12-13-5-7-14(19)8-6-13/h5-11H,4,12H2,1-3H3,(H2,20,21,22). The Labute approximate surface area is 151 Å². The van der Waals surface area contributed by atoms with E-state index in [1.807, 2.05) is 37.3 Å². The molecule has 0 aliphatic rings. The van der Waals surface area contributed by atoms with Crippen molar-refractivity contribution in [3.63, 3.8) is 0 Å². The molecule has 0 amide bonds. The van der Waals surface area contributed by atoms with Gasteiger partial charge in [0.25, 0.3) is 0 Å². The van der Waals surface area contributed by atoms with Crippen molar-refractivity contribution in [1.82, 2.24) is 5.32 Å². The number of aliphatic imine (C=N–C) groups is 1. The molecule has 2 aromatic rings. The molecule has 24 heavy (non-hydrogen) atoms. The fourth-order valence-electron chi connectivity index (χ4n) is 2.12. The third-order valence-electron chi connectivity index (χ3n) is 3.32. The molecule has 0 bridgehead atoms. The van der Waals surface area contributed by atoms with Crippen molar-refractivity contribution in [1.29, 1.82) is 0 Å². The van der Waals surface area contributed by atoms with Crippen molar-refractivity contribution >= 4 is 27.6 Å². The van der Waals surface area contributed by atoms with E-state index >= 15 is 0 Å². The Kier molecular flexibility index (Phi) is 6.93. The molecule has 0 radical (unpaired) electrons.